The van der Waals surface area contributed by atoms with E-state index >= 15 is 0 Å². The van der Waals surface area contributed by atoms with E-state index in [0.717, 1.165) is 45.0 Å². The smallest absolute Gasteiger partial charge is 0.355 e. The summed E-state index contributed by atoms with van der Waals surface area (Å²) < 4.78 is 6.20. The summed E-state index contributed by atoms with van der Waals surface area (Å²) in [6, 6.07) is 21.4. The van der Waals surface area contributed by atoms with Crippen LogP contribution in [0.1, 0.15) is 27.8 Å². The van der Waals surface area contributed by atoms with Crippen LogP contribution in [-0.2, 0) is 11.4 Å². The Balaban J connectivity index is 1.57. The number of aryl methyl sites for hydroxylation is 2. The van der Waals surface area contributed by atoms with Gasteiger partial charge in [0.2, 0.25) is 0 Å². The summed E-state index contributed by atoms with van der Waals surface area (Å²) in [5.74, 6) is 0.758. The fraction of sp³-hybridized carbons (Fsp3) is 0.200. The zero-order valence-electron chi connectivity index (χ0n) is 19.1. The minimum absolute atomic E-state index is 0.201. The first-order chi connectivity index (χ1) is 16.0. The first-order valence-electron chi connectivity index (χ1n) is 10.6. The third-order valence-electron chi connectivity index (χ3n) is 5.48. The summed E-state index contributed by atoms with van der Waals surface area (Å²) >= 11 is 0. The van der Waals surface area contributed by atoms with Gasteiger partial charge in [0.25, 0.3) is 0 Å². The van der Waals surface area contributed by atoms with Gasteiger partial charge in [0, 0.05) is 23.7 Å². The number of benzene rings is 3. The molecule has 1 saturated heterocycles. The molecular formula is C25H27N5O3. The quantitative estimate of drug-likeness (QED) is 0.423. The predicted octanol–water partition coefficient (Wildman–Crippen LogP) is 4.08. The van der Waals surface area contributed by atoms with E-state index in [1.807, 2.05) is 80.6 Å². The molecule has 0 atom stereocenters. The van der Waals surface area contributed by atoms with Crippen molar-refractivity contribution in [1.29, 1.82) is 0 Å². The van der Waals surface area contributed by atoms with Crippen LogP contribution in [-0.4, -0.2) is 30.9 Å². The zero-order valence-corrected chi connectivity index (χ0v) is 19.1. The van der Waals surface area contributed by atoms with E-state index in [4.69, 9.17) is 9.57 Å². The van der Waals surface area contributed by atoms with Crippen LogP contribution in [0.5, 0.6) is 5.75 Å². The maximum atomic E-state index is 12.4. The molecule has 2 amide bonds. The van der Waals surface area contributed by atoms with Crippen LogP contribution in [0.4, 0.5) is 10.5 Å². The first kappa shape index (κ1) is 22.3. The van der Waals surface area contributed by atoms with Gasteiger partial charge in [0.1, 0.15) is 25.2 Å². The number of carbonyl (C=O) groups is 1. The number of nitrogens with one attached hydrogen (secondary N) is 2. The molecule has 1 fully saturated rings. The molecule has 170 valence electrons. The van der Waals surface area contributed by atoms with Crippen LogP contribution in [0.15, 0.2) is 71.9 Å². The molecule has 0 unspecified atom stereocenters. The SMILES string of the molecule is CON=C(c1ccccc1)c1ccc(OCc2c(C)cccc2N2NNN(C)C2=O)c(C)c1. The third-order valence-corrected chi connectivity index (χ3v) is 5.48. The van der Waals surface area contributed by atoms with Gasteiger partial charge >= 0.3 is 6.03 Å². The van der Waals surface area contributed by atoms with Gasteiger partial charge in [0.15, 0.2) is 0 Å². The summed E-state index contributed by atoms with van der Waals surface area (Å²) in [5.41, 5.74) is 12.0. The lowest BCUT2D eigenvalue weighted by molar-refractivity contribution is 0.214. The molecule has 4 rings (SSSR count). The summed E-state index contributed by atoms with van der Waals surface area (Å²) in [6.07, 6.45) is 0. The van der Waals surface area contributed by atoms with Crippen molar-refractivity contribution in [2.75, 3.05) is 19.2 Å². The zero-order chi connectivity index (χ0) is 23.4. The van der Waals surface area contributed by atoms with E-state index in [2.05, 4.69) is 16.2 Å². The molecule has 2 N–H and O–H groups in total. The number of oxime groups is 1. The predicted molar refractivity (Wildman–Crippen MR) is 128 cm³/mol. The van der Waals surface area contributed by atoms with Gasteiger partial charge in [-0.05, 0) is 49.2 Å². The Morgan fingerprint density at radius 3 is 2.39 bits per heavy atom. The minimum Gasteiger partial charge on any atom is -0.489 e. The van der Waals surface area contributed by atoms with Crippen LogP contribution in [0.2, 0.25) is 0 Å². The standard InChI is InChI=1S/C25H27N5O3/c1-17-9-8-12-22(30-25(31)29(3)27-28-30)21(17)16-33-23-14-13-20(15-18(23)2)24(26-32-4)19-10-6-5-7-11-19/h5-15,27-28H,16H2,1-4H3. The van der Waals surface area contributed by atoms with Crippen LogP contribution >= 0.6 is 0 Å². The van der Waals surface area contributed by atoms with Crippen LogP contribution in [0.25, 0.3) is 0 Å². The summed E-state index contributed by atoms with van der Waals surface area (Å²) in [4.78, 5) is 17.5. The molecule has 0 aliphatic carbocycles. The number of hydrazine groups is 3. The van der Waals surface area contributed by atoms with Crippen molar-refractivity contribution in [1.82, 2.24) is 16.1 Å². The molecule has 0 saturated carbocycles. The molecule has 1 heterocycles. The molecule has 8 heteroatoms. The van der Waals surface area contributed by atoms with Gasteiger partial charge in [-0.15, -0.1) is 11.1 Å². The fourth-order valence-corrected chi connectivity index (χ4v) is 3.69. The van der Waals surface area contributed by atoms with Gasteiger partial charge in [0.05, 0.1) is 5.69 Å². The number of amides is 2. The second-order valence-electron chi connectivity index (χ2n) is 7.73. The normalized spacial score (nSPS) is 14.1. The maximum Gasteiger partial charge on any atom is 0.355 e. The van der Waals surface area contributed by atoms with E-state index in [1.165, 1.54) is 10.0 Å². The highest BCUT2D eigenvalue weighted by atomic mass is 16.6. The highest BCUT2D eigenvalue weighted by molar-refractivity contribution is 6.12. The number of rotatable bonds is 7. The number of carbonyl (C=O) groups excluding carboxylic acids is 1. The summed E-state index contributed by atoms with van der Waals surface area (Å²) in [5, 5.41) is 7.08. The molecule has 0 aromatic heterocycles. The Hall–Kier alpha value is -3.88. The number of hydrogen-bond acceptors (Lipinski definition) is 6. The molecule has 33 heavy (non-hydrogen) atoms. The van der Waals surface area contributed by atoms with E-state index in [1.54, 1.807) is 14.2 Å². The number of ether oxygens (including phenoxy) is 1. The summed E-state index contributed by atoms with van der Waals surface area (Å²) in [7, 11) is 3.20. The van der Waals surface area contributed by atoms with Crippen molar-refractivity contribution < 1.29 is 14.4 Å². The van der Waals surface area contributed by atoms with Crippen molar-refractivity contribution in [2.45, 2.75) is 20.5 Å². The van der Waals surface area contributed by atoms with Gasteiger partial charge < -0.3 is 9.57 Å². The fourth-order valence-electron chi connectivity index (χ4n) is 3.69. The van der Waals surface area contributed by atoms with Gasteiger partial charge in [-0.25, -0.2) is 14.8 Å². The number of urea groups is 1. The molecular weight excluding hydrogens is 418 g/mol. The first-order valence-corrected chi connectivity index (χ1v) is 10.6. The highest BCUT2D eigenvalue weighted by Crippen LogP contribution is 2.28. The van der Waals surface area contributed by atoms with Crippen LogP contribution in [0.3, 0.4) is 0 Å². The van der Waals surface area contributed by atoms with E-state index < -0.39 is 0 Å². The van der Waals surface area contributed by atoms with Gasteiger partial charge in [-0.1, -0.05) is 47.6 Å². The lowest BCUT2D eigenvalue weighted by Crippen LogP contribution is -2.38. The highest BCUT2D eigenvalue weighted by Gasteiger charge is 2.28. The van der Waals surface area contributed by atoms with Crippen molar-refractivity contribution in [2.24, 2.45) is 5.16 Å². The van der Waals surface area contributed by atoms with Crippen LogP contribution in [0, 0.1) is 13.8 Å². The number of hydrogen-bond donors (Lipinski definition) is 2. The molecule has 8 nitrogen and oxygen atoms in total. The van der Waals surface area contributed by atoms with Crippen molar-refractivity contribution in [3.05, 3.63) is 94.5 Å². The van der Waals surface area contributed by atoms with E-state index in [0.29, 0.717) is 6.61 Å². The number of anilines is 1. The molecule has 3 aromatic carbocycles. The third kappa shape index (κ3) is 4.67. The van der Waals surface area contributed by atoms with E-state index in [-0.39, 0.29) is 6.03 Å². The second-order valence-corrected chi connectivity index (χ2v) is 7.73. The molecule has 1 aliphatic rings. The Kier molecular flexibility index (Phi) is 6.58. The largest absolute Gasteiger partial charge is 0.489 e. The van der Waals surface area contributed by atoms with Crippen molar-refractivity contribution in [3.8, 4) is 5.75 Å². The molecule has 0 radical (unpaired) electrons. The second kappa shape index (κ2) is 9.72. The monoisotopic (exact) mass is 445 g/mol. The van der Waals surface area contributed by atoms with Crippen LogP contribution < -0.4 is 20.8 Å². The Labute approximate surface area is 193 Å². The van der Waals surface area contributed by atoms with Crippen molar-refractivity contribution >= 4 is 17.4 Å². The van der Waals surface area contributed by atoms with Crippen molar-refractivity contribution in [3.63, 3.8) is 0 Å². The average molecular weight is 446 g/mol. The molecule has 3 aromatic rings. The van der Waals surface area contributed by atoms with Gasteiger partial charge in [-0.2, -0.15) is 0 Å². The maximum absolute atomic E-state index is 12.4. The average Bonchev–Trinajstić information content (AvgIpc) is 3.16. The number of nitrogens with zero attached hydrogens (tertiary/aromatic N) is 3. The Morgan fingerprint density at radius 2 is 1.73 bits per heavy atom. The lowest BCUT2D eigenvalue weighted by Gasteiger charge is -2.20. The molecule has 0 bridgehead atoms. The summed E-state index contributed by atoms with van der Waals surface area (Å²) in [6.45, 7) is 4.32. The Bertz CT molecular complexity index is 1180. The Morgan fingerprint density at radius 1 is 0.939 bits per heavy atom. The molecule has 0 spiro atoms. The van der Waals surface area contributed by atoms with Gasteiger partial charge in [-0.3, -0.25) is 0 Å². The topological polar surface area (TPSA) is 78.4 Å². The lowest BCUT2D eigenvalue weighted by atomic mass is 10.0. The van der Waals surface area contributed by atoms with E-state index in [9.17, 15) is 4.79 Å². The molecule has 1 aliphatic heterocycles. The minimum atomic E-state index is -0.201.